The predicted octanol–water partition coefficient (Wildman–Crippen LogP) is 3.65. The molecule has 2 aromatic rings. The molecule has 5 heteroatoms. The number of rotatable bonds is 3. The molecule has 0 aromatic heterocycles. The molecule has 3 nitrogen and oxygen atoms in total. The first kappa shape index (κ1) is 14.0. The first-order chi connectivity index (χ1) is 9.45. The van der Waals surface area contributed by atoms with Gasteiger partial charge in [-0.05, 0) is 36.8 Å². The van der Waals surface area contributed by atoms with Crippen molar-refractivity contribution in [3.8, 4) is 16.9 Å². The standard InChI is InChI=1S/C15H12F2O3/c1-8-3-5-11(16)13(14(8)17)10-7-9(15(18)19)4-6-12(10)20-2/h3-7H,1-2H3,(H,18,19). The number of methoxy groups -OCH3 is 1. The van der Waals surface area contributed by atoms with Crippen LogP contribution in [0.15, 0.2) is 30.3 Å². The lowest BCUT2D eigenvalue weighted by molar-refractivity contribution is 0.0697. The Hall–Kier alpha value is -2.43. The summed E-state index contributed by atoms with van der Waals surface area (Å²) in [5, 5.41) is 8.98. The molecule has 0 atom stereocenters. The maximum Gasteiger partial charge on any atom is 0.335 e. The second-order valence-electron chi connectivity index (χ2n) is 4.27. The Kier molecular flexibility index (Phi) is 3.70. The molecule has 0 saturated carbocycles. The highest BCUT2D eigenvalue weighted by Gasteiger charge is 2.19. The number of hydrogen-bond donors (Lipinski definition) is 1. The number of halogens is 2. The maximum atomic E-state index is 14.2. The SMILES string of the molecule is COc1ccc(C(=O)O)cc1-c1c(F)ccc(C)c1F. The second kappa shape index (κ2) is 5.28. The molecular formula is C15H12F2O3. The van der Waals surface area contributed by atoms with Gasteiger partial charge in [-0.15, -0.1) is 0 Å². The number of carbonyl (C=O) groups is 1. The smallest absolute Gasteiger partial charge is 0.335 e. The van der Waals surface area contributed by atoms with Crippen LogP contribution in [0.1, 0.15) is 15.9 Å². The van der Waals surface area contributed by atoms with Gasteiger partial charge in [-0.2, -0.15) is 0 Å². The Labute approximate surface area is 114 Å². The van der Waals surface area contributed by atoms with Crippen molar-refractivity contribution in [1.82, 2.24) is 0 Å². The Morgan fingerprint density at radius 3 is 2.50 bits per heavy atom. The quantitative estimate of drug-likeness (QED) is 0.932. The zero-order valence-corrected chi connectivity index (χ0v) is 10.9. The Bertz CT molecular complexity index is 681. The van der Waals surface area contributed by atoms with Gasteiger partial charge in [0.25, 0.3) is 0 Å². The number of hydrogen-bond acceptors (Lipinski definition) is 2. The van der Waals surface area contributed by atoms with Crippen molar-refractivity contribution in [2.45, 2.75) is 6.92 Å². The van der Waals surface area contributed by atoms with E-state index in [-0.39, 0.29) is 28.0 Å². The van der Waals surface area contributed by atoms with Crippen LogP contribution in [0.4, 0.5) is 8.78 Å². The van der Waals surface area contributed by atoms with Crippen LogP contribution in [-0.2, 0) is 0 Å². The van der Waals surface area contributed by atoms with Crippen LogP contribution in [0.3, 0.4) is 0 Å². The Balaban J connectivity index is 2.77. The second-order valence-corrected chi connectivity index (χ2v) is 4.27. The van der Waals surface area contributed by atoms with Crippen LogP contribution in [0.25, 0.3) is 11.1 Å². The highest BCUT2D eigenvalue weighted by atomic mass is 19.1. The molecule has 0 aliphatic heterocycles. The molecule has 1 N–H and O–H groups in total. The molecule has 2 rings (SSSR count). The van der Waals surface area contributed by atoms with Crippen LogP contribution in [0.5, 0.6) is 5.75 Å². The van der Waals surface area contributed by atoms with Crippen molar-refractivity contribution in [1.29, 1.82) is 0 Å². The lowest BCUT2D eigenvalue weighted by atomic mass is 9.99. The number of benzene rings is 2. The van der Waals surface area contributed by atoms with Gasteiger partial charge in [0.1, 0.15) is 17.4 Å². The van der Waals surface area contributed by atoms with Crippen molar-refractivity contribution in [2.24, 2.45) is 0 Å². The monoisotopic (exact) mass is 278 g/mol. The summed E-state index contributed by atoms with van der Waals surface area (Å²) in [7, 11) is 1.35. The van der Waals surface area contributed by atoms with Crippen molar-refractivity contribution in [2.75, 3.05) is 7.11 Å². The Morgan fingerprint density at radius 1 is 1.20 bits per heavy atom. The minimum absolute atomic E-state index is 0.0684. The summed E-state index contributed by atoms with van der Waals surface area (Å²) < 4.78 is 33.1. The van der Waals surface area contributed by atoms with E-state index in [4.69, 9.17) is 9.84 Å². The van der Waals surface area contributed by atoms with E-state index in [0.29, 0.717) is 0 Å². The number of ether oxygens (including phenoxy) is 1. The van der Waals surface area contributed by atoms with Crippen molar-refractivity contribution < 1.29 is 23.4 Å². The molecule has 0 aliphatic rings. The van der Waals surface area contributed by atoms with Gasteiger partial charge in [0, 0.05) is 5.56 Å². The van der Waals surface area contributed by atoms with Crippen LogP contribution < -0.4 is 4.74 Å². The van der Waals surface area contributed by atoms with Crippen molar-refractivity contribution >= 4 is 5.97 Å². The van der Waals surface area contributed by atoms with Gasteiger partial charge in [0.15, 0.2) is 0 Å². The van der Waals surface area contributed by atoms with Crippen LogP contribution in [0.2, 0.25) is 0 Å². The van der Waals surface area contributed by atoms with E-state index in [9.17, 15) is 13.6 Å². The number of aromatic carboxylic acids is 1. The van der Waals surface area contributed by atoms with Gasteiger partial charge >= 0.3 is 5.97 Å². The molecule has 104 valence electrons. The number of carboxylic acids is 1. The fourth-order valence-corrected chi connectivity index (χ4v) is 1.94. The first-order valence-electron chi connectivity index (χ1n) is 5.82. The largest absolute Gasteiger partial charge is 0.496 e. The molecule has 0 unspecified atom stereocenters. The summed E-state index contributed by atoms with van der Waals surface area (Å²) in [6.07, 6.45) is 0. The van der Waals surface area contributed by atoms with E-state index in [1.165, 1.54) is 38.3 Å². The van der Waals surface area contributed by atoms with Crippen LogP contribution >= 0.6 is 0 Å². The molecule has 0 amide bonds. The van der Waals surface area contributed by atoms with Crippen molar-refractivity contribution in [3.05, 3.63) is 53.1 Å². The highest BCUT2D eigenvalue weighted by Crippen LogP contribution is 2.35. The summed E-state index contributed by atoms with van der Waals surface area (Å²) >= 11 is 0. The topological polar surface area (TPSA) is 46.5 Å². The van der Waals surface area contributed by atoms with E-state index >= 15 is 0 Å². The number of aryl methyl sites for hydroxylation is 1. The molecule has 20 heavy (non-hydrogen) atoms. The number of carboxylic acid groups (broad SMARTS) is 1. The average Bonchev–Trinajstić information content (AvgIpc) is 2.43. The third-order valence-electron chi connectivity index (χ3n) is 3.00. The third kappa shape index (κ3) is 2.34. The zero-order valence-electron chi connectivity index (χ0n) is 10.9. The normalized spacial score (nSPS) is 10.4. The van der Waals surface area contributed by atoms with Crippen molar-refractivity contribution in [3.63, 3.8) is 0 Å². The minimum atomic E-state index is -1.18. The molecule has 0 fully saturated rings. The average molecular weight is 278 g/mol. The van der Waals surface area contributed by atoms with Gasteiger partial charge in [0.2, 0.25) is 0 Å². The molecule has 0 spiro atoms. The molecule has 0 bridgehead atoms. The molecular weight excluding hydrogens is 266 g/mol. The molecule has 0 radical (unpaired) electrons. The molecule has 0 saturated heterocycles. The maximum absolute atomic E-state index is 14.2. The summed E-state index contributed by atoms with van der Waals surface area (Å²) in [5.41, 5.74) is -0.0127. The molecule has 0 aliphatic carbocycles. The minimum Gasteiger partial charge on any atom is -0.496 e. The predicted molar refractivity (Wildman–Crippen MR) is 70.0 cm³/mol. The fourth-order valence-electron chi connectivity index (χ4n) is 1.94. The van der Waals surface area contributed by atoms with E-state index in [2.05, 4.69) is 0 Å². The summed E-state index contributed by atoms with van der Waals surface area (Å²) in [6.45, 7) is 1.51. The Morgan fingerprint density at radius 2 is 1.90 bits per heavy atom. The first-order valence-corrected chi connectivity index (χ1v) is 5.82. The fraction of sp³-hybridized carbons (Fsp3) is 0.133. The van der Waals surface area contributed by atoms with E-state index in [1.54, 1.807) is 0 Å². The third-order valence-corrected chi connectivity index (χ3v) is 3.00. The molecule has 2 aromatic carbocycles. The van der Waals surface area contributed by atoms with E-state index in [0.717, 1.165) is 6.07 Å². The van der Waals surface area contributed by atoms with Gasteiger partial charge in [-0.25, -0.2) is 13.6 Å². The van der Waals surface area contributed by atoms with Crippen LogP contribution in [-0.4, -0.2) is 18.2 Å². The zero-order chi connectivity index (χ0) is 14.9. The summed E-state index contributed by atoms with van der Waals surface area (Å²) in [4.78, 5) is 11.0. The lowest BCUT2D eigenvalue weighted by Gasteiger charge is -2.12. The van der Waals surface area contributed by atoms with E-state index in [1.807, 2.05) is 0 Å². The van der Waals surface area contributed by atoms with E-state index < -0.39 is 17.6 Å². The van der Waals surface area contributed by atoms with Gasteiger partial charge in [-0.1, -0.05) is 6.07 Å². The van der Waals surface area contributed by atoms with Gasteiger partial charge in [0.05, 0.1) is 18.2 Å². The summed E-state index contributed by atoms with van der Waals surface area (Å²) in [6, 6.07) is 6.35. The summed E-state index contributed by atoms with van der Waals surface area (Å²) in [5.74, 6) is -2.47. The van der Waals surface area contributed by atoms with Gasteiger partial charge < -0.3 is 9.84 Å². The highest BCUT2D eigenvalue weighted by molar-refractivity contribution is 5.90. The molecule has 0 heterocycles. The lowest BCUT2D eigenvalue weighted by Crippen LogP contribution is -2.00. The van der Waals surface area contributed by atoms with Gasteiger partial charge in [-0.3, -0.25) is 0 Å². The van der Waals surface area contributed by atoms with Crippen LogP contribution in [0, 0.1) is 18.6 Å².